The Balaban J connectivity index is 2.43. The highest BCUT2D eigenvalue weighted by Gasteiger charge is 2.49. The molecule has 0 aliphatic carbocycles. The van der Waals surface area contributed by atoms with Crippen LogP contribution < -0.4 is 0 Å². The highest BCUT2D eigenvalue weighted by atomic mass is 16.6. The van der Waals surface area contributed by atoms with Crippen molar-refractivity contribution in [2.45, 2.75) is 38.7 Å². The number of rotatable bonds is 4. The first-order chi connectivity index (χ1) is 4.75. The van der Waals surface area contributed by atoms with Crippen LogP contribution in [-0.2, 0) is 9.53 Å². The first kappa shape index (κ1) is 7.73. The first-order valence-corrected chi connectivity index (χ1v) is 3.92. The zero-order valence-electron chi connectivity index (χ0n) is 6.64. The molecule has 58 valence electrons. The van der Waals surface area contributed by atoms with Crippen LogP contribution in [0.25, 0.3) is 0 Å². The van der Waals surface area contributed by atoms with Crippen LogP contribution in [0.1, 0.15) is 33.1 Å². The molecule has 0 saturated carbocycles. The maximum atomic E-state index is 11.2. The topological polar surface area (TPSA) is 29.6 Å². The molecule has 2 nitrogen and oxygen atoms in total. The smallest absolute Gasteiger partial charge is 0.166 e. The van der Waals surface area contributed by atoms with Crippen molar-refractivity contribution in [2.75, 3.05) is 6.61 Å². The van der Waals surface area contributed by atoms with Crippen LogP contribution in [0.15, 0.2) is 0 Å². The zero-order chi connectivity index (χ0) is 7.61. The lowest BCUT2D eigenvalue weighted by molar-refractivity contribution is -0.124. The van der Waals surface area contributed by atoms with Gasteiger partial charge in [-0.1, -0.05) is 20.3 Å². The second-order valence-corrected chi connectivity index (χ2v) is 2.81. The van der Waals surface area contributed by atoms with Gasteiger partial charge in [0.1, 0.15) is 5.60 Å². The largest absolute Gasteiger partial charge is 0.361 e. The summed E-state index contributed by atoms with van der Waals surface area (Å²) in [7, 11) is 0. The van der Waals surface area contributed by atoms with Gasteiger partial charge in [-0.2, -0.15) is 0 Å². The van der Waals surface area contributed by atoms with Crippen LogP contribution in [0.3, 0.4) is 0 Å². The Morgan fingerprint density at radius 2 is 2.20 bits per heavy atom. The molecule has 10 heavy (non-hydrogen) atoms. The van der Waals surface area contributed by atoms with Crippen molar-refractivity contribution in [3.05, 3.63) is 0 Å². The van der Waals surface area contributed by atoms with Gasteiger partial charge in [-0.3, -0.25) is 4.79 Å². The molecule has 1 aliphatic rings. The number of carbonyl (C=O) groups is 1. The molecular formula is C8H14O2. The van der Waals surface area contributed by atoms with E-state index in [2.05, 4.69) is 6.92 Å². The number of epoxide rings is 1. The molecule has 1 aliphatic heterocycles. The van der Waals surface area contributed by atoms with Gasteiger partial charge in [0.15, 0.2) is 5.78 Å². The first-order valence-electron chi connectivity index (χ1n) is 3.92. The van der Waals surface area contributed by atoms with Gasteiger partial charge >= 0.3 is 0 Å². The summed E-state index contributed by atoms with van der Waals surface area (Å²) in [6.07, 6.45) is 2.55. The predicted molar refractivity (Wildman–Crippen MR) is 38.9 cm³/mol. The summed E-state index contributed by atoms with van der Waals surface area (Å²) in [6.45, 7) is 4.63. The Hall–Kier alpha value is -0.370. The Kier molecular flexibility index (Phi) is 2.09. The summed E-state index contributed by atoms with van der Waals surface area (Å²) >= 11 is 0. The molecule has 0 aromatic heterocycles. The summed E-state index contributed by atoms with van der Waals surface area (Å²) in [4.78, 5) is 11.2. The number of carbonyl (C=O) groups excluding carboxylic acids is 1. The number of Topliss-reactive ketones (excluding diaryl/α,β-unsaturated/α-hetero) is 1. The van der Waals surface area contributed by atoms with Crippen LogP contribution in [-0.4, -0.2) is 18.0 Å². The van der Waals surface area contributed by atoms with Crippen molar-refractivity contribution in [3.8, 4) is 0 Å². The van der Waals surface area contributed by atoms with Crippen molar-refractivity contribution in [1.29, 1.82) is 0 Å². The lowest BCUT2D eigenvalue weighted by Gasteiger charge is -2.05. The number of ketones is 1. The maximum absolute atomic E-state index is 11.2. The highest BCUT2D eigenvalue weighted by Crippen LogP contribution is 2.33. The Morgan fingerprint density at radius 1 is 1.60 bits per heavy atom. The zero-order valence-corrected chi connectivity index (χ0v) is 6.64. The molecule has 0 amide bonds. The molecule has 0 spiro atoms. The van der Waals surface area contributed by atoms with Crippen LogP contribution in [0, 0.1) is 0 Å². The third kappa shape index (κ3) is 1.21. The van der Waals surface area contributed by atoms with Crippen molar-refractivity contribution in [3.63, 3.8) is 0 Å². The quantitative estimate of drug-likeness (QED) is 0.557. The molecule has 1 unspecified atom stereocenters. The van der Waals surface area contributed by atoms with E-state index in [1.54, 1.807) is 0 Å². The fourth-order valence-electron chi connectivity index (χ4n) is 1.26. The highest BCUT2D eigenvalue weighted by molar-refractivity contribution is 5.89. The van der Waals surface area contributed by atoms with Crippen molar-refractivity contribution in [2.24, 2.45) is 0 Å². The van der Waals surface area contributed by atoms with E-state index in [1.165, 1.54) is 0 Å². The number of hydrogen-bond donors (Lipinski definition) is 0. The van der Waals surface area contributed by atoms with E-state index in [0.29, 0.717) is 13.0 Å². The summed E-state index contributed by atoms with van der Waals surface area (Å²) in [5.74, 6) is 0.273. The van der Waals surface area contributed by atoms with Crippen LogP contribution >= 0.6 is 0 Å². The SMILES string of the molecule is CCCC1(C(=O)CC)CO1. The average molecular weight is 142 g/mol. The van der Waals surface area contributed by atoms with Gasteiger partial charge in [-0.05, 0) is 6.42 Å². The molecule has 1 fully saturated rings. The van der Waals surface area contributed by atoms with E-state index in [-0.39, 0.29) is 11.4 Å². The minimum atomic E-state index is -0.330. The third-order valence-electron chi connectivity index (χ3n) is 1.98. The van der Waals surface area contributed by atoms with Crippen molar-refractivity contribution < 1.29 is 9.53 Å². The van der Waals surface area contributed by atoms with E-state index in [1.807, 2.05) is 6.92 Å². The molecule has 0 aromatic carbocycles. The van der Waals surface area contributed by atoms with Crippen molar-refractivity contribution in [1.82, 2.24) is 0 Å². The lowest BCUT2D eigenvalue weighted by Crippen LogP contribution is -2.23. The minimum absolute atomic E-state index is 0.273. The van der Waals surface area contributed by atoms with Gasteiger partial charge in [0.25, 0.3) is 0 Å². The van der Waals surface area contributed by atoms with E-state index in [9.17, 15) is 4.79 Å². The Bertz CT molecular complexity index is 136. The molecule has 0 radical (unpaired) electrons. The molecular weight excluding hydrogens is 128 g/mol. The van der Waals surface area contributed by atoms with Gasteiger partial charge in [0.05, 0.1) is 6.61 Å². The minimum Gasteiger partial charge on any atom is -0.361 e. The molecule has 1 atom stereocenters. The van der Waals surface area contributed by atoms with E-state index >= 15 is 0 Å². The molecule has 2 heteroatoms. The van der Waals surface area contributed by atoms with E-state index < -0.39 is 0 Å². The Morgan fingerprint density at radius 3 is 2.50 bits per heavy atom. The van der Waals surface area contributed by atoms with Gasteiger partial charge in [0, 0.05) is 6.42 Å². The Labute approximate surface area is 61.6 Å². The molecule has 1 rings (SSSR count). The van der Waals surface area contributed by atoms with Gasteiger partial charge in [-0.25, -0.2) is 0 Å². The summed E-state index contributed by atoms with van der Waals surface area (Å²) in [5.41, 5.74) is -0.330. The molecule has 1 saturated heterocycles. The van der Waals surface area contributed by atoms with Crippen molar-refractivity contribution >= 4 is 5.78 Å². The molecule has 0 N–H and O–H groups in total. The predicted octanol–water partition coefficient (Wildman–Crippen LogP) is 1.53. The monoisotopic (exact) mass is 142 g/mol. The second kappa shape index (κ2) is 2.70. The van der Waals surface area contributed by atoms with Gasteiger partial charge < -0.3 is 4.74 Å². The summed E-state index contributed by atoms with van der Waals surface area (Å²) in [6, 6.07) is 0. The van der Waals surface area contributed by atoms with E-state index in [0.717, 1.165) is 12.8 Å². The van der Waals surface area contributed by atoms with Gasteiger partial charge in [-0.15, -0.1) is 0 Å². The molecule has 0 aromatic rings. The van der Waals surface area contributed by atoms with Crippen LogP contribution in [0.5, 0.6) is 0 Å². The summed E-state index contributed by atoms with van der Waals surface area (Å²) < 4.78 is 5.14. The second-order valence-electron chi connectivity index (χ2n) is 2.81. The lowest BCUT2D eigenvalue weighted by atomic mass is 9.98. The normalized spacial score (nSPS) is 30.2. The number of ether oxygens (including phenoxy) is 1. The van der Waals surface area contributed by atoms with Crippen LogP contribution in [0.2, 0.25) is 0 Å². The maximum Gasteiger partial charge on any atom is 0.166 e. The standard InChI is InChI=1S/C8H14O2/c1-3-5-8(6-10-8)7(9)4-2/h3-6H2,1-2H3. The number of hydrogen-bond acceptors (Lipinski definition) is 2. The van der Waals surface area contributed by atoms with Crippen LogP contribution in [0.4, 0.5) is 0 Å². The fourth-order valence-corrected chi connectivity index (χ4v) is 1.26. The van der Waals surface area contributed by atoms with Gasteiger partial charge in [0.2, 0.25) is 0 Å². The fraction of sp³-hybridized carbons (Fsp3) is 0.875. The third-order valence-corrected chi connectivity index (χ3v) is 1.98. The molecule has 0 bridgehead atoms. The average Bonchev–Trinajstić information content (AvgIpc) is 2.69. The summed E-state index contributed by atoms with van der Waals surface area (Å²) in [5, 5.41) is 0. The molecule has 1 heterocycles. The van der Waals surface area contributed by atoms with E-state index in [4.69, 9.17) is 4.74 Å².